The summed E-state index contributed by atoms with van der Waals surface area (Å²) >= 11 is 0. The molecule has 134 valence electrons. The maximum absolute atomic E-state index is 9.66. The molecule has 0 heterocycles. The molecule has 0 saturated heterocycles. The summed E-state index contributed by atoms with van der Waals surface area (Å²) in [6, 6.07) is 13.4. The molecule has 0 amide bonds. The third-order valence-corrected chi connectivity index (χ3v) is 5.68. The molecule has 0 spiro atoms. The summed E-state index contributed by atoms with van der Waals surface area (Å²) in [5, 5.41) is 19.3. The molecular formula is C23H30O2. The minimum Gasteiger partial charge on any atom is -0.508 e. The standard InChI is InChI=1S/C23H30O2/c1-2-3-4-5-17-6-8-18(9-7-17)19-10-12-20(13-11-19)21-14-22(24)16-23(25)15-21/h10-18,24-25H,2-9H2,1H3. The molecule has 2 nitrogen and oxygen atoms in total. The van der Waals surface area contributed by atoms with Gasteiger partial charge in [0, 0.05) is 6.07 Å². The first-order valence-electron chi connectivity index (χ1n) is 9.79. The van der Waals surface area contributed by atoms with E-state index >= 15 is 0 Å². The minimum absolute atomic E-state index is 0.0977. The van der Waals surface area contributed by atoms with Crippen LogP contribution in [0.15, 0.2) is 42.5 Å². The largest absolute Gasteiger partial charge is 0.508 e. The van der Waals surface area contributed by atoms with Gasteiger partial charge < -0.3 is 10.2 Å². The van der Waals surface area contributed by atoms with Crippen LogP contribution in [0.3, 0.4) is 0 Å². The molecule has 1 saturated carbocycles. The van der Waals surface area contributed by atoms with Crippen molar-refractivity contribution in [1.82, 2.24) is 0 Å². The van der Waals surface area contributed by atoms with Crippen LogP contribution in [-0.2, 0) is 0 Å². The van der Waals surface area contributed by atoms with E-state index in [1.807, 2.05) is 0 Å². The lowest BCUT2D eigenvalue weighted by Crippen LogP contribution is -2.13. The van der Waals surface area contributed by atoms with Crippen LogP contribution in [0.1, 0.15) is 69.8 Å². The minimum atomic E-state index is 0.0977. The first-order chi connectivity index (χ1) is 12.2. The molecule has 1 aliphatic rings. The number of benzene rings is 2. The topological polar surface area (TPSA) is 40.5 Å². The van der Waals surface area contributed by atoms with Gasteiger partial charge in [-0.1, -0.05) is 56.9 Å². The highest BCUT2D eigenvalue weighted by atomic mass is 16.3. The second-order valence-corrected chi connectivity index (χ2v) is 7.57. The van der Waals surface area contributed by atoms with Gasteiger partial charge in [-0.25, -0.2) is 0 Å². The molecule has 2 heteroatoms. The highest BCUT2D eigenvalue weighted by Crippen LogP contribution is 2.38. The second kappa shape index (κ2) is 8.42. The van der Waals surface area contributed by atoms with Crippen LogP contribution in [0.4, 0.5) is 0 Å². The molecule has 0 bridgehead atoms. The molecule has 1 aliphatic carbocycles. The van der Waals surface area contributed by atoms with Crippen LogP contribution in [0.2, 0.25) is 0 Å². The third kappa shape index (κ3) is 4.78. The average molecular weight is 338 g/mol. The summed E-state index contributed by atoms with van der Waals surface area (Å²) in [5.74, 6) is 1.83. The second-order valence-electron chi connectivity index (χ2n) is 7.57. The Bertz CT molecular complexity index is 647. The van der Waals surface area contributed by atoms with E-state index in [4.69, 9.17) is 0 Å². The van der Waals surface area contributed by atoms with Crippen molar-refractivity contribution in [2.75, 3.05) is 0 Å². The van der Waals surface area contributed by atoms with Crippen LogP contribution >= 0.6 is 0 Å². The normalized spacial score (nSPS) is 20.5. The predicted molar refractivity (Wildman–Crippen MR) is 104 cm³/mol. The van der Waals surface area contributed by atoms with E-state index in [0.29, 0.717) is 5.92 Å². The monoisotopic (exact) mass is 338 g/mol. The van der Waals surface area contributed by atoms with Crippen molar-refractivity contribution in [3.8, 4) is 22.6 Å². The molecule has 0 atom stereocenters. The van der Waals surface area contributed by atoms with Crippen LogP contribution in [-0.4, -0.2) is 10.2 Å². The van der Waals surface area contributed by atoms with Crippen molar-refractivity contribution in [3.63, 3.8) is 0 Å². The number of phenolic OH excluding ortho intramolecular Hbond substituents is 2. The lowest BCUT2D eigenvalue weighted by Gasteiger charge is -2.29. The predicted octanol–water partition coefficient (Wildman–Crippen LogP) is 6.62. The molecule has 2 aromatic rings. The smallest absolute Gasteiger partial charge is 0.119 e. The number of rotatable bonds is 6. The molecule has 0 aromatic heterocycles. The van der Waals surface area contributed by atoms with Gasteiger partial charge >= 0.3 is 0 Å². The highest BCUT2D eigenvalue weighted by Gasteiger charge is 2.22. The van der Waals surface area contributed by atoms with Crippen LogP contribution in [0, 0.1) is 5.92 Å². The van der Waals surface area contributed by atoms with E-state index < -0.39 is 0 Å². The zero-order chi connectivity index (χ0) is 17.6. The fourth-order valence-electron chi connectivity index (χ4n) is 4.18. The van der Waals surface area contributed by atoms with E-state index in [2.05, 4.69) is 31.2 Å². The lowest BCUT2D eigenvalue weighted by molar-refractivity contribution is 0.303. The SMILES string of the molecule is CCCCCC1CCC(c2ccc(-c3cc(O)cc(O)c3)cc2)CC1. The van der Waals surface area contributed by atoms with Gasteiger partial charge in [0.2, 0.25) is 0 Å². The van der Waals surface area contributed by atoms with E-state index in [-0.39, 0.29) is 11.5 Å². The Morgan fingerprint density at radius 3 is 2.04 bits per heavy atom. The molecule has 2 N–H and O–H groups in total. The Morgan fingerprint density at radius 2 is 1.44 bits per heavy atom. The van der Waals surface area contributed by atoms with E-state index in [0.717, 1.165) is 17.0 Å². The van der Waals surface area contributed by atoms with Crippen LogP contribution in [0.5, 0.6) is 11.5 Å². The van der Waals surface area contributed by atoms with E-state index in [9.17, 15) is 10.2 Å². The van der Waals surface area contributed by atoms with Gasteiger partial charge in [0.05, 0.1) is 0 Å². The number of hydrogen-bond acceptors (Lipinski definition) is 2. The van der Waals surface area contributed by atoms with Gasteiger partial charge in [-0.3, -0.25) is 0 Å². The number of hydrogen-bond donors (Lipinski definition) is 2. The Kier molecular flexibility index (Phi) is 6.01. The van der Waals surface area contributed by atoms with Crippen molar-refractivity contribution < 1.29 is 10.2 Å². The maximum Gasteiger partial charge on any atom is 0.119 e. The van der Waals surface area contributed by atoms with Crippen LogP contribution < -0.4 is 0 Å². The third-order valence-electron chi connectivity index (χ3n) is 5.68. The Morgan fingerprint density at radius 1 is 0.800 bits per heavy atom. The van der Waals surface area contributed by atoms with Gasteiger partial charge in [-0.2, -0.15) is 0 Å². The Balaban J connectivity index is 1.60. The van der Waals surface area contributed by atoms with Crippen LogP contribution in [0.25, 0.3) is 11.1 Å². The lowest BCUT2D eigenvalue weighted by atomic mass is 9.77. The maximum atomic E-state index is 9.66. The fraction of sp³-hybridized carbons (Fsp3) is 0.478. The highest BCUT2D eigenvalue weighted by molar-refractivity contribution is 5.67. The number of phenols is 2. The van der Waals surface area contributed by atoms with Gasteiger partial charge in [-0.05, 0) is 66.3 Å². The van der Waals surface area contributed by atoms with Crippen molar-refractivity contribution in [3.05, 3.63) is 48.0 Å². The first-order valence-corrected chi connectivity index (χ1v) is 9.79. The molecule has 0 radical (unpaired) electrons. The summed E-state index contributed by atoms with van der Waals surface area (Å²) in [7, 11) is 0. The molecule has 0 unspecified atom stereocenters. The van der Waals surface area contributed by atoms with Crippen molar-refractivity contribution in [2.24, 2.45) is 5.92 Å². The van der Waals surface area contributed by atoms with Crippen molar-refractivity contribution >= 4 is 0 Å². The quantitative estimate of drug-likeness (QED) is 0.581. The molecule has 1 fully saturated rings. The number of unbranched alkanes of at least 4 members (excludes halogenated alkanes) is 2. The Labute approximate surface area is 151 Å². The van der Waals surface area contributed by atoms with Gasteiger partial charge in [0.15, 0.2) is 0 Å². The van der Waals surface area contributed by atoms with Crippen molar-refractivity contribution in [2.45, 2.75) is 64.2 Å². The van der Waals surface area contributed by atoms with Crippen molar-refractivity contribution in [1.29, 1.82) is 0 Å². The van der Waals surface area contributed by atoms with Gasteiger partial charge in [0.1, 0.15) is 11.5 Å². The molecule has 25 heavy (non-hydrogen) atoms. The van der Waals surface area contributed by atoms with Gasteiger partial charge in [0.25, 0.3) is 0 Å². The zero-order valence-electron chi connectivity index (χ0n) is 15.2. The van der Waals surface area contributed by atoms with E-state index in [1.165, 1.54) is 63.0 Å². The Hall–Kier alpha value is -1.96. The molecule has 0 aliphatic heterocycles. The fourth-order valence-corrected chi connectivity index (χ4v) is 4.18. The molecular weight excluding hydrogens is 308 g/mol. The summed E-state index contributed by atoms with van der Waals surface area (Å²) < 4.78 is 0. The van der Waals surface area contributed by atoms with Gasteiger partial charge in [-0.15, -0.1) is 0 Å². The zero-order valence-corrected chi connectivity index (χ0v) is 15.2. The average Bonchev–Trinajstić information content (AvgIpc) is 2.62. The summed E-state index contributed by atoms with van der Waals surface area (Å²) in [4.78, 5) is 0. The molecule has 3 rings (SSSR count). The number of aromatic hydroxyl groups is 2. The summed E-state index contributed by atoms with van der Waals surface area (Å²) in [6.07, 6.45) is 10.9. The molecule has 2 aromatic carbocycles. The first kappa shape index (κ1) is 17.8. The summed E-state index contributed by atoms with van der Waals surface area (Å²) in [5.41, 5.74) is 3.31. The van der Waals surface area contributed by atoms with E-state index in [1.54, 1.807) is 12.1 Å². The summed E-state index contributed by atoms with van der Waals surface area (Å²) in [6.45, 7) is 2.28.